The molecule has 3 heteroatoms. The standard InChI is InChI=1S/C9H11BrFN/c1-5(2)7-4-8(10)12-6(3)9(7)11/h4-5H,1-3H3. The lowest BCUT2D eigenvalue weighted by Crippen LogP contribution is -1.98. The lowest BCUT2D eigenvalue weighted by molar-refractivity contribution is 0.580. The first-order valence-corrected chi connectivity index (χ1v) is 4.64. The summed E-state index contributed by atoms with van der Waals surface area (Å²) >= 11 is 3.24. The van der Waals surface area contributed by atoms with E-state index in [9.17, 15) is 4.39 Å². The molecule has 1 nitrogen and oxygen atoms in total. The van der Waals surface area contributed by atoms with E-state index >= 15 is 0 Å². The summed E-state index contributed by atoms with van der Waals surface area (Å²) in [4.78, 5) is 3.96. The zero-order valence-corrected chi connectivity index (χ0v) is 8.94. The van der Waals surface area contributed by atoms with Crippen LogP contribution in [-0.2, 0) is 0 Å². The van der Waals surface area contributed by atoms with Crippen LogP contribution in [0, 0.1) is 12.7 Å². The van der Waals surface area contributed by atoms with Gasteiger partial charge in [0.25, 0.3) is 0 Å². The zero-order valence-electron chi connectivity index (χ0n) is 7.36. The lowest BCUT2D eigenvalue weighted by atomic mass is 10.0. The fourth-order valence-corrected chi connectivity index (χ4v) is 1.57. The van der Waals surface area contributed by atoms with Crippen molar-refractivity contribution in [3.63, 3.8) is 0 Å². The smallest absolute Gasteiger partial charge is 0.147 e. The molecule has 1 aromatic rings. The van der Waals surface area contributed by atoms with E-state index in [4.69, 9.17) is 0 Å². The van der Waals surface area contributed by atoms with Crippen LogP contribution >= 0.6 is 15.9 Å². The molecule has 0 saturated carbocycles. The average Bonchev–Trinajstić information content (AvgIpc) is 1.96. The molecule has 0 bridgehead atoms. The van der Waals surface area contributed by atoms with Crippen LogP contribution in [0.2, 0.25) is 0 Å². The molecule has 0 aliphatic rings. The summed E-state index contributed by atoms with van der Waals surface area (Å²) in [5, 5.41) is 0. The summed E-state index contributed by atoms with van der Waals surface area (Å²) in [6.45, 7) is 5.60. The normalized spacial score (nSPS) is 10.8. The van der Waals surface area contributed by atoms with E-state index in [0.717, 1.165) is 5.56 Å². The fraction of sp³-hybridized carbons (Fsp3) is 0.444. The number of hydrogen-bond donors (Lipinski definition) is 0. The Kier molecular flexibility index (Phi) is 2.83. The molecule has 0 aliphatic heterocycles. The number of halogens is 2. The molecule has 0 radical (unpaired) electrons. The van der Waals surface area contributed by atoms with Crippen molar-refractivity contribution in [3.8, 4) is 0 Å². The molecular weight excluding hydrogens is 221 g/mol. The van der Waals surface area contributed by atoms with Crippen molar-refractivity contribution in [2.45, 2.75) is 26.7 Å². The van der Waals surface area contributed by atoms with E-state index in [2.05, 4.69) is 20.9 Å². The van der Waals surface area contributed by atoms with Gasteiger partial charge in [0.1, 0.15) is 10.4 Å². The van der Waals surface area contributed by atoms with E-state index in [1.54, 1.807) is 13.0 Å². The first-order chi connectivity index (χ1) is 5.52. The lowest BCUT2D eigenvalue weighted by Gasteiger charge is -2.08. The Morgan fingerprint density at radius 2 is 2.08 bits per heavy atom. The molecule has 66 valence electrons. The van der Waals surface area contributed by atoms with Gasteiger partial charge in [-0.1, -0.05) is 13.8 Å². The van der Waals surface area contributed by atoms with Crippen LogP contribution in [0.3, 0.4) is 0 Å². The Labute approximate surface area is 80.1 Å². The molecule has 0 aromatic carbocycles. The molecule has 0 spiro atoms. The minimum absolute atomic E-state index is 0.187. The summed E-state index contributed by atoms with van der Waals surface area (Å²) in [6, 6.07) is 1.73. The number of hydrogen-bond acceptors (Lipinski definition) is 1. The summed E-state index contributed by atoms with van der Waals surface area (Å²) in [6.07, 6.45) is 0. The second-order valence-electron chi connectivity index (χ2n) is 3.09. The molecule has 0 N–H and O–H groups in total. The highest BCUT2D eigenvalue weighted by Crippen LogP contribution is 2.22. The van der Waals surface area contributed by atoms with Gasteiger partial charge in [-0.2, -0.15) is 0 Å². The summed E-state index contributed by atoms with van der Waals surface area (Å²) in [7, 11) is 0. The van der Waals surface area contributed by atoms with Gasteiger partial charge in [-0.3, -0.25) is 0 Å². The van der Waals surface area contributed by atoms with Crippen LogP contribution in [0.1, 0.15) is 31.0 Å². The molecule has 1 aromatic heterocycles. The van der Waals surface area contributed by atoms with Gasteiger partial charge in [0.15, 0.2) is 0 Å². The predicted molar refractivity (Wildman–Crippen MR) is 50.7 cm³/mol. The third-order valence-electron chi connectivity index (χ3n) is 1.74. The van der Waals surface area contributed by atoms with E-state index in [-0.39, 0.29) is 11.7 Å². The third-order valence-corrected chi connectivity index (χ3v) is 2.15. The first-order valence-electron chi connectivity index (χ1n) is 3.85. The monoisotopic (exact) mass is 231 g/mol. The molecule has 12 heavy (non-hydrogen) atoms. The number of aryl methyl sites for hydroxylation is 1. The van der Waals surface area contributed by atoms with Crippen LogP contribution in [-0.4, -0.2) is 4.98 Å². The Morgan fingerprint density at radius 3 is 2.58 bits per heavy atom. The van der Waals surface area contributed by atoms with Crippen molar-refractivity contribution < 1.29 is 4.39 Å². The van der Waals surface area contributed by atoms with Crippen LogP contribution in [0.4, 0.5) is 4.39 Å². The zero-order chi connectivity index (χ0) is 9.30. The van der Waals surface area contributed by atoms with Crippen molar-refractivity contribution in [2.75, 3.05) is 0 Å². The molecule has 0 unspecified atom stereocenters. The average molecular weight is 232 g/mol. The molecule has 0 atom stereocenters. The Hall–Kier alpha value is -0.440. The molecule has 1 rings (SSSR count). The molecule has 0 amide bonds. The van der Waals surface area contributed by atoms with Gasteiger partial charge in [0.2, 0.25) is 0 Å². The first kappa shape index (κ1) is 9.65. The van der Waals surface area contributed by atoms with Crippen molar-refractivity contribution in [1.82, 2.24) is 4.98 Å². The molecule has 0 aliphatic carbocycles. The third kappa shape index (κ3) is 1.83. The summed E-state index contributed by atoms with van der Waals surface area (Å²) in [5.74, 6) is 0.0104. The number of rotatable bonds is 1. The van der Waals surface area contributed by atoms with E-state index in [0.29, 0.717) is 10.3 Å². The molecular formula is C9H11BrFN. The maximum atomic E-state index is 13.3. The maximum Gasteiger partial charge on any atom is 0.147 e. The van der Waals surface area contributed by atoms with Crippen LogP contribution < -0.4 is 0 Å². The predicted octanol–water partition coefficient (Wildman–Crippen LogP) is 3.42. The number of nitrogens with zero attached hydrogens (tertiary/aromatic N) is 1. The highest BCUT2D eigenvalue weighted by Gasteiger charge is 2.10. The Morgan fingerprint density at radius 1 is 1.50 bits per heavy atom. The largest absolute Gasteiger partial charge is 0.243 e. The van der Waals surface area contributed by atoms with E-state index in [1.807, 2.05) is 13.8 Å². The van der Waals surface area contributed by atoms with Gasteiger partial charge in [0.05, 0.1) is 5.69 Å². The summed E-state index contributed by atoms with van der Waals surface area (Å²) < 4.78 is 14.0. The van der Waals surface area contributed by atoms with Crippen molar-refractivity contribution in [1.29, 1.82) is 0 Å². The highest BCUT2D eigenvalue weighted by atomic mass is 79.9. The Balaban J connectivity index is 3.28. The van der Waals surface area contributed by atoms with Gasteiger partial charge in [-0.15, -0.1) is 0 Å². The minimum atomic E-state index is -0.187. The quantitative estimate of drug-likeness (QED) is 0.676. The summed E-state index contributed by atoms with van der Waals surface area (Å²) in [5.41, 5.74) is 1.17. The molecule has 1 heterocycles. The van der Waals surface area contributed by atoms with Gasteiger partial charge >= 0.3 is 0 Å². The second-order valence-corrected chi connectivity index (χ2v) is 3.90. The maximum absolute atomic E-state index is 13.3. The van der Waals surface area contributed by atoms with Crippen molar-refractivity contribution in [2.24, 2.45) is 0 Å². The van der Waals surface area contributed by atoms with Gasteiger partial charge in [-0.05, 0) is 40.4 Å². The van der Waals surface area contributed by atoms with Crippen LogP contribution in [0.5, 0.6) is 0 Å². The Bertz CT molecular complexity index is 297. The minimum Gasteiger partial charge on any atom is -0.243 e. The fourth-order valence-electron chi connectivity index (χ4n) is 1.06. The number of aromatic nitrogens is 1. The second kappa shape index (κ2) is 3.52. The van der Waals surface area contributed by atoms with Gasteiger partial charge in [0, 0.05) is 0 Å². The van der Waals surface area contributed by atoms with E-state index < -0.39 is 0 Å². The van der Waals surface area contributed by atoms with E-state index in [1.165, 1.54) is 0 Å². The van der Waals surface area contributed by atoms with Crippen molar-refractivity contribution in [3.05, 3.63) is 27.7 Å². The van der Waals surface area contributed by atoms with Crippen LogP contribution in [0.25, 0.3) is 0 Å². The van der Waals surface area contributed by atoms with Crippen LogP contribution in [0.15, 0.2) is 10.7 Å². The molecule has 0 fully saturated rings. The van der Waals surface area contributed by atoms with Crippen molar-refractivity contribution >= 4 is 15.9 Å². The van der Waals surface area contributed by atoms with Gasteiger partial charge < -0.3 is 0 Å². The van der Waals surface area contributed by atoms with Gasteiger partial charge in [-0.25, -0.2) is 9.37 Å². The molecule has 0 saturated heterocycles. The topological polar surface area (TPSA) is 12.9 Å². The SMILES string of the molecule is Cc1nc(Br)cc(C(C)C)c1F. The number of pyridine rings is 1. The highest BCUT2D eigenvalue weighted by molar-refractivity contribution is 9.10.